The van der Waals surface area contributed by atoms with Gasteiger partial charge < -0.3 is 10.6 Å². The minimum atomic E-state index is -0.182. The number of hydrogen-bond donors (Lipinski definition) is 2. The summed E-state index contributed by atoms with van der Waals surface area (Å²) in [6.45, 7) is 2.99. The number of aryl methyl sites for hydroxylation is 2. The summed E-state index contributed by atoms with van der Waals surface area (Å²) in [6.07, 6.45) is 1.04. The molecular weight excluding hydrogens is 388 g/mol. The highest BCUT2D eigenvalue weighted by molar-refractivity contribution is 8.00. The molecule has 2 heterocycles. The van der Waals surface area contributed by atoms with E-state index in [2.05, 4.69) is 10.6 Å². The standard InChI is InChI=1S/C21H22N4O3S/c1-2-10-24-16-5-3-4-6-17(16)25(21(24)28)11-9-19(26)22-14-7-8-18-15(12-14)23-20(27)13-29-18/h3-8,12H,2,9-11,13H2,1H3,(H,22,26)(H,23,27). The first-order valence-electron chi connectivity index (χ1n) is 9.61. The van der Waals surface area contributed by atoms with Crippen LogP contribution in [0.2, 0.25) is 0 Å². The molecule has 2 amide bonds. The minimum Gasteiger partial charge on any atom is -0.326 e. The third kappa shape index (κ3) is 3.93. The van der Waals surface area contributed by atoms with Gasteiger partial charge in [-0.25, -0.2) is 4.79 Å². The fourth-order valence-electron chi connectivity index (χ4n) is 3.53. The van der Waals surface area contributed by atoms with Gasteiger partial charge in [0.25, 0.3) is 0 Å². The maximum absolute atomic E-state index is 12.8. The summed E-state index contributed by atoms with van der Waals surface area (Å²) in [5.74, 6) is 0.173. The quantitative estimate of drug-likeness (QED) is 0.653. The van der Waals surface area contributed by atoms with Gasteiger partial charge in [-0.05, 0) is 36.8 Å². The fraction of sp³-hybridized carbons (Fsp3) is 0.286. The van der Waals surface area contributed by atoms with Gasteiger partial charge in [-0.15, -0.1) is 11.8 Å². The number of carbonyl (C=O) groups is 2. The van der Waals surface area contributed by atoms with Crippen molar-refractivity contribution < 1.29 is 9.59 Å². The van der Waals surface area contributed by atoms with Crippen LogP contribution in [0.15, 0.2) is 52.2 Å². The van der Waals surface area contributed by atoms with Crippen LogP contribution in [0.3, 0.4) is 0 Å². The Kier molecular flexibility index (Phi) is 5.44. The molecule has 2 N–H and O–H groups in total. The number of imidazole rings is 1. The summed E-state index contributed by atoms with van der Waals surface area (Å²) in [4.78, 5) is 37.8. The fourth-order valence-corrected chi connectivity index (χ4v) is 4.31. The molecule has 0 saturated carbocycles. The smallest absolute Gasteiger partial charge is 0.326 e. The van der Waals surface area contributed by atoms with E-state index in [1.807, 2.05) is 43.3 Å². The maximum Gasteiger partial charge on any atom is 0.329 e. The largest absolute Gasteiger partial charge is 0.329 e. The Bertz CT molecular complexity index is 1150. The Hall–Kier alpha value is -3.00. The zero-order chi connectivity index (χ0) is 20.4. The lowest BCUT2D eigenvalue weighted by atomic mass is 10.2. The SMILES string of the molecule is CCCn1c(=O)n(CCC(=O)Nc2ccc3c(c2)NC(=O)CS3)c2ccccc21. The molecule has 4 rings (SSSR count). The first kappa shape index (κ1) is 19.3. The molecule has 0 saturated heterocycles. The van der Waals surface area contributed by atoms with Gasteiger partial charge in [0.15, 0.2) is 0 Å². The van der Waals surface area contributed by atoms with Gasteiger partial charge in [0.1, 0.15) is 0 Å². The molecule has 1 aliphatic rings. The van der Waals surface area contributed by atoms with Gasteiger partial charge in [-0.1, -0.05) is 19.1 Å². The molecule has 3 aromatic rings. The Morgan fingerprint density at radius 2 is 1.83 bits per heavy atom. The predicted molar refractivity (Wildman–Crippen MR) is 116 cm³/mol. The molecule has 0 aliphatic carbocycles. The normalized spacial score (nSPS) is 13.2. The van der Waals surface area contributed by atoms with Crippen molar-refractivity contribution in [3.63, 3.8) is 0 Å². The first-order valence-corrected chi connectivity index (χ1v) is 10.6. The summed E-state index contributed by atoms with van der Waals surface area (Å²) >= 11 is 1.48. The third-order valence-corrected chi connectivity index (χ3v) is 5.90. The summed E-state index contributed by atoms with van der Waals surface area (Å²) in [5.41, 5.74) is 2.98. The van der Waals surface area contributed by atoms with E-state index >= 15 is 0 Å². The molecule has 0 spiro atoms. The molecule has 1 aromatic heterocycles. The lowest BCUT2D eigenvalue weighted by Crippen LogP contribution is -2.26. The van der Waals surface area contributed by atoms with Crippen LogP contribution in [-0.4, -0.2) is 26.7 Å². The molecule has 150 valence electrons. The van der Waals surface area contributed by atoms with Crippen LogP contribution in [0.1, 0.15) is 19.8 Å². The van der Waals surface area contributed by atoms with Gasteiger partial charge in [0.05, 0.1) is 22.5 Å². The second kappa shape index (κ2) is 8.16. The Morgan fingerprint density at radius 3 is 2.55 bits per heavy atom. The average Bonchev–Trinajstić information content (AvgIpc) is 2.98. The molecule has 0 radical (unpaired) electrons. The molecular formula is C21H22N4O3S. The van der Waals surface area contributed by atoms with Gasteiger partial charge >= 0.3 is 5.69 Å². The van der Waals surface area contributed by atoms with Crippen LogP contribution in [0.25, 0.3) is 11.0 Å². The van der Waals surface area contributed by atoms with Crippen LogP contribution in [-0.2, 0) is 22.7 Å². The van der Waals surface area contributed by atoms with E-state index in [0.717, 1.165) is 22.3 Å². The molecule has 0 bridgehead atoms. The molecule has 8 heteroatoms. The van der Waals surface area contributed by atoms with Crippen molar-refractivity contribution in [1.82, 2.24) is 9.13 Å². The summed E-state index contributed by atoms with van der Waals surface area (Å²) in [6, 6.07) is 13.1. The molecule has 0 atom stereocenters. The van der Waals surface area contributed by atoms with Crippen molar-refractivity contribution in [3.8, 4) is 0 Å². The van der Waals surface area contributed by atoms with E-state index in [1.54, 1.807) is 15.2 Å². The molecule has 2 aromatic carbocycles. The number of nitrogens with zero attached hydrogens (tertiary/aromatic N) is 2. The number of nitrogens with one attached hydrogen (secondary N) is 2. The van der Waals surface area contributed by atoms with Crippen molar-refractivity contribution in [2.75, 3.05) is 16.4 Å². The number of para-hydroxylation sites is 2. The zero-order valence-corrected chi connectivity index (χ0v) is 16.9. The monoisotopic (exact) mass is 410 g/mol. The van der Waals surface area contributed by atoms with E-state index < -0.39 is 0 Å². The highest BCUT2D eigenvalue weighted by atomic mass is 32.2. The van der Waals surface area contributed by atoms with Gasteiger partial charge in [-0.2, -0.15) is 0 Å². The van der Waals surface area contributed by atoms with Crippen molar-refractivity contribution in [2.24, 2.45) is 0 Å². The molecule has 7 nitrogen and oxygen atoms in total. The predicted octanol–water partition coefficient (Wildman–Crippen LogP) is 3.29. The molecule has 0 unspecified atom stereocenters. The number of amides is 2. The number of rotatable bonds is 6. The van der Waals surface area contributed by atoms with Crippen molar-refractivity contribution in [2.45, 2.75) is 37.8 Å². The molecule has 29 heavy (non-hydrogen) atoms. The van der Waals surface area contributed by atoms with Gasteiger partial charge in [-0.3, -0.25) is 18.7 Å². The number of benzene rings is 2. The number of hydrogen-bond acceptors (Lipinski definition) is 4. The van der Waals surface area contributed by atoms with Crippen molar-refractivity contribution in [3.05, 3.63) is 52.9 Å². The number of aromatic nitrogens is 2. The lowest BCUT2D eigenvalue weighted by Gasteiger charge is -2.17. The number of thioether (sulfide) groups is 1. The second-order valence-electron chi connectivity index (χ2n) is 6.92. The summed E-state index contributed by atoms with van der Waals surface area (Å²) in [7, 11) is 0. The average molecular weight is 410 g/mol. The Balaban J connectivity index is 1.48. The maximum atomic E-state index is 12.8. The van der Waals surface area contributed by atoms with E-state index in [4.69, 9.17) is 0 Å². The van der Waals surface area contributed by atoms with Crippen molar-refractivity contribution in [1.29, 1.82) is 0 Å². The van der Waals surface area contributed by atoms with E-state index in [9.17, 15) is 14.4 Å². The van der Waals surface area contributed by atoms with Crippen LogP contribution in [0.4, 0.5) is 11.4 Å². The third-order valence-electron chi connectivity index (χ3n) is 4.83. The van der Waals surface area contributed by atoms with E-state index in [1.165, 1.54) is 11.8 Å². The highest BCUT2D eigenvalue weighted by Gasteiger charge is 2.17. The number of carbonyl (C=O) groups excluding carboxylic acids is 2. The molecule has 1 aliphatic heterocycles. The number of fused-ring (bicyclic) bond motifs is 2. The van der Waals surface area contributed by atoms with E-state index in [0.29, 0.717) is 30.2 Å². The summed E-state index contributed by atoms with van der Waals surface area (Å²) in [5, 5.41) is 5.67. The topological polar surface area (TPSA) is 85.1 Å². The molecule has 0 fully saturated rings. The summed E-state index contributed by atoms with van der Waals surface area (Å²) < 4.78 is 3.42. The van der Waals surface area contributed by atoms with E-state index in [-0.39, 0.29) is 23.9 Å². The lowest BCUT2D eigenvalue weighted by molar-refractivity contribution is -0.116. The number of anilines is 2. The minimum absolute atomic E-state index is 0.0474. The van der Waals surface area contributed by atoms with Gasteiger partial charge in [0.2, 0.25) is 11.8 Å². The van der Waals surface area contributed by atoms with Crippen LogP contribution in [0.5, 0.6) is 0 Å². The highest BCUT2D eigenvalue weighted by Crippen LogP contribution is 2.33. The van der Waals surface area contributed by atoms with Crippen molar-refractivity contribution >= 4 is 46.0 Å². The van der Waals surface area contributed by atoms with Gasteiger partial charge in [0, 0.05) is 30.1 Å². The Labute approximate surface area is 172 Å². The van der Waals surface area contributed by atoms with Crippen LogP contribution >= 0.6 is 11.8 Å². The zero-order valence-electron chi connectivity index (χ0n) is 16.1. The van der Waals surface area contributed by atoms with Crippen LogP contribution < -0.4 is 16.3 Å². The first-order chi connectivity index (χ1) is 14.1. The Morgan fingerprint density at radius 1 is 1.10 bits per heavy atom. The van der Waals surface area contributed by atoms with Crippen LogP contribution in [0, 0.1) is 0 Å². The second-order valence-corrected chi connectivity index (χ2v) is 7.94.